The van der Waals surface area contributed by atoms with Gasteiger partial charge in [0.25, 0.3) is 0 Å². The molecule has 0 unspecified atom stereocenters. The fourth-order valence-electron chi connectivity index (χ4n) is 3.43. The Kier molecular flexibility index (Phi) is 4.84. The summed E-state index contributed by atoms with van der Waals surface area (Å²) in [5, 5.41) is 11.7. The van der Waals surface area contributed by atoms with Crippen LogP contribution in [0, 0.1) is 17.8 Å². The zero-order chi connectivity index (χ0) is 21.5. The van der Waals surface area contributed by atoms with Gasteiger partial charge >= 0.3 is 0 Å². The summed E-state index contributed by atoms with van der Waals surface area (Å²) >= 11 is 6.43. The van der Waals surface area contributed by atoms with E-state index in [1.807, 2.05) is 42.5 Å². The van der Waals surface area contributed by atoms with E-state index in [0.717, 1.165) is 33.2 Å². The lowest BCUT2D eigenvalue weighted by atomic mass is 10.0. The molecule has 2 N–H and O–H groups in total. The van der Waals surface area contributed by atoms with E-state index in [-0.39, 0.29) is 5.88 Å². The highest BCUT2D eigenvalue weighted by Crippen LogP contribution is 2.23. The Labute approximate surface area is 187 Å². The zero-order valence-corrected chi connectivity index (χ0v) is 18.5. The summed E-state index contributed by atoms with van der Waals surface area (Å²) in [7, 11) is 0. The molecule has 31 heavy (non-hydrogen) atoms. The summed E-state index contributed by atoms with van der Waals surface area (Å²) in [6.07, 6.45) is 1.87. The molecule has 5 nitrogen and oxygen atoms in total. The number of rotatable bonds is 3. The maximum atomic E-state index is 10.0. The number of aryl methyl sites for hydroxylation is 2. The quantitative estimate of drug-likeness (QED) is 0.451. The van der Waals surface area contributed by atoms with Crippen LogP contribution in [0.4, 0.5) is 5.69 Å². The summed E-state index contributed by atoms with van der Waals surface area (Å²) < 4.78 is 0.526. The highest BCUT2D eigenvalue weighted by Gasteiger charge is 2.14. The lowest BCUT2D eigenvalue weighted by Crippen LogP contribution is -2.23. The van der Waals surface area contributed by atoms with Crippen LogP contribution in [-0.2, 0) is 0 Å². The van der Waals surface area contributed by atoms with Crippen LogP contribution in [-0.4, -0.2) is 20.9 Å². The normalized spacial score (nSPS) is 13.1. The van der Waals surface area contributed by atoms with Crippen molar-refractivity contribution < 1.29 is 5.11 Å². The minimum atomic E-state index is 0.0644. The number of amidine groups is 1. The summed E-state index contributed by atoms with van der Waals surface area (Å²) in [6.45, 7) is 4.20. The van der Waals surface area contributed by atoms with Crippen LogP contribution in [0.2, 0.25) is 0 Å². The van der Waals surface area contributed by atoms with E-state index < -0.39 is 0 Å². The van der Waals surface area contributed by atoms with Crippen molar-refractivity contribution in [1.29, 1.82) is 0 Å². The van der Waals surface area contributed by atoms with E-state index in [1.54, 1.807) is 0 Å². The molecule has 0 bridgehead atoms. The van der Waals surface area contributed by atoms with Crippen LogP contribution in [0.1, 0.15) is 21.7 Å². The number of fused-ring (bicyclic) bond motifs is 1. The molecule has 0 fully saturated rings. The molecule has 2 aromatic heterocycles. The van der Waals surface area contributed by atoms with Gasteiger partial charge in [0.05, 0.1) is 21.6 Å². The van der Waals surface area contributed by atoms with Gasteiger partial charge in [0.15, 0.2) is 9.79 Å². The maximum Gasteiger partial charge on any atom is 0.207 e. The molecule has 152 valence electrons. The number of nitrogens with one attached hydrogen (secondary N) is 1. The largest absolute Gasteiger partial charge is 0.494 e. The molecule has 5 rings (SSSR count). The molecule has 0 aliphatic carbocycles. The number of aromatic nitrogens is 2. The molecule has 3 heterocycles. The van der Waals surface area contributed by atoms with Crippen molar-refractivity contribution in [2.45, 2.75) is 13.8 Å². The molecular formula is C24H18N4OS2. The second-order valence-electron chi connectivity index (χ2n) is 7.34. The number of aliphatic imine (C=N–C) groups is 1. The smallest absolute Gasteiger partial charge is 0.207 e. The molecule has 1 aliphatic heterocycles. The molecule has 0 radical (unpaired) electrons. The van der Waals surface area contributed by atoms with Gasteiger partial charge in [0.1, 0.15) is 5.69 Å². The number of benzene rings is 2. The van der Waals surface area contributed by atoms with Gasteiger partial charge in [0, 0.05) is 10.8 Å². The van der Waals surface area contributed by atoms with Gasteiger partial charge in [0.2, 0.25) is 5.88 Å². The Morgan fingerprint density at radius 1 is 0.968 bits per heavy atom. The molecule has 7 heteroatoms. The molecule has 2 aromatic carbocycles. The van der Waals surface area contributed by atoms with Crippen LogP contribution in [0.15, 0.2) is 64.6 Å². The second-order valence-corrected chi connectivity index (χ2v) is 9.06. The number of hydrogen-bond acceptors (Lipinski definition) is 6. The average Bonchev–Trinajstić information content (AvgIpc) is 3.33. The lowest BCUT2D eigenvalue weighted by Gasteiger charge is -2.06. The second kappa shape index (κ2) is 7.68. The van der Waals surface area contributed by atoms with E-state index in [0.29, 0.717) is 14.7 Å². The lowest BCUT2D eigenvalue weighted by molar-refractivity contribution is 0.456. The summed E-state index contributed by atoms with van der Waals surface area (Å²) in [4.78, 5) is 17.7. The molecule has 0 saturated carbocycles. The first kappa shape index (κ1) is 19.5. The third kappa shape index (κ3) is 3.73. The first-order valence-electron chi connectivity index (χ1n) is 9.73. The number of aromatic amines is 1. The number of thiazole rings is 1. The fraction of sp³-hybridized carbons (Fsp3) is 0.0833. The van der Waals surface area contributed by atoms with E-state index >= 15 is 0 Å². The number of pyridine rings is 1. The Bertz CT molecular complexity index is 1550. The summed E-state index contributed by atoms with van der Waals surface area (Å²) in [5.41, 5.74) is 5.94. The van der Waals surface area contributed by atoms with Gasteiger partial charge < -0.3 is 10.1 Å². The van der Waals surface area contributed by atoms with Gasteiger partial charge in [-0.25, -0.2) is 15.0 Å². The summed E-state index contributed by atoms with van der Waals surface area (Å²) in [6, 6.07) is 18.0. The van der Waals surface area contributed by atoms with Crippen molar-refractivity contribution in [2.24, 2.45) is 9.98 Å². The van der Waals surface area contributed by atoms with Crippen LogP contribution in [0.25, 0.3) is 17.3 Å². The number of aromatic hydroxyl groups is 1. The first-order valence-corrected chi connectivity index (χ1v) is 11.0. The van der Waals surface area contributed by atoms with E-state index in [4.69, 9.17) is 27.2 Å². The van der Waals surface area contributed by atoms with Crippen molar-refractivity contribution in [3.8, 4) is 17.1 Å². The highest BCUT2D eigenvalue weighted by atomic mass is 32.1. The van der Waals surface area contributed by atoms with Crippen molar-refractivity contribution in [3.63, 3.8) is 0 Å². The molecule has 4 aromatic rings. The van der Waals surface area contributed by atoms with Gasteiger partial charge in [-0.05, 0) is 67.5 Å². The standard InChI is InChI=1S/C24H18N4OS2/c1-13-9-10-15(11-14(13)2)17-6-4-8-19(25-17)22-26-18-7-3-5-16(21(18)27-22)12-20-23(29)28-24(30)31-20/h3-12,29H,1-2H3,(H,28,30)/b16-12-. The average molecular weight is 443 g/mol. The molecule has 0 saturated heterocycles. The first-order chi connectivity index (χ1) is 15.0. The number of nitrogens with zero attached hydrogens (tertiary/aromatic N) is 3. The van der Waals surface area contributed by atoms with Crippen molar-refractivity contribution >= 4 is 41.2 Å². The van der Waals surface area contributed by atoms with Crippen molar-refractivity contribution in [1.82, 2.24) is 9.97 Å². The Morgan fingerprint density at radius 2 is 1.77 bits per heavy atom. The SMILES string of the molecule is Cc1ccc(-c2cccc(C3=Nc4ccc/c(=C/c5sc(=S)[nH]c5O)c4=N3)n2)cc1C. The van der Waals surface area contributed by atoms with E-state index in [2.05, 4.69) is 37.0 Å². The van der Waals surface area contributed by atoms with Crippen LogP contribution >= 0.6 is 23.6 Å². The minimum Gasteiger partial charge on any atom is -0.494 e. The number of para-hydroxylation sites is 1. The Balaban J connectivity index is 1.58. The Hall–Kier alpha value is -3.42. The predicted octanol–water partition coefficient (Wildman–Crippen LogP) is 4.73. The van der Waals surface area contributed by atoms with Gasteiger partial charge in [-0.2, -0.15) is 0 Å². The van der Waals surface area contributed by atoms with E-state index in [1.165, 1.54) is 22.5 Å². The zero-order valence-electron chi connectivity index (χ0n) is 16.9. The molecule has 1 aliphatic rings. The number of H-pyrrole nitrogens is 1. The molecule has 0 atom stereocenters. The Morgan fingerprint density at radius 3 is 2.55 bits per heavy atom. The van der Waals surface area contributed by atoms with Crippen LogP contribution in [0.5, 0.6) is 5.88 Å². The third-order valence-corrected chi connectivity index (χ3v) is 6.38. The molecule has 0 spiro atoms. The molecular weight excluding hydrogens is 424 g/mol. The maximum absolute atomic E-state index is 10.0. The predicted molar refractivity (Wildman–Crippen MR) is 127 cm³/mol. The van der Waals surface area contributed by atoms with Crippen LogP contribution < -0.4 is 10.6 Å². The highest BCUT2D eigenvalue weighted by molar-refractivity contribution is 7.73. The van der Waals surface area contributed by atoms with Gasteiger partial charge in [-0.15, -0.1) is 11.3 Å². The van der Waals surface area contributed by atoms with Gasteiger partial charge in [-0.3, -0.25) is 0 Å². The van der Waals surface area contributed by atoms with Crippen molar-refractivity contribution in [2.75, 3.05) is 0 Å². The topological polar surface area (TPSA) is 73.6 Å². The van der Waals surface area contributed by atoms with Crippen molar-refractivity contribution in [3.05, 3.63) is 90.8 Å². The molecule has 0 amide bonds. The monoisotopic (exact) mass is 442 g/mol. The van der Waals surface area contributed by atoms with Gasteiger partial charge in [-0.1, -0.05) is 30.3 Å². The van der Waals surface area contributed by atoms with E-state index in [9.17, 15) is 5.11 Å². The van der Waals surface area contributed by atoms with Crippen LogP contribution in [0.3, 0.4) is 0 Å². The minimum absolute atomic E-state index is 0.0644. The fourth-order valence-corrected chi connectivity index (χ4v) is 4.48. The number of hydrogen-bond donors (Lipinski definition) is 2. The third-order valence-electron chi connectivity index (χ3n) is 5.21. The summed E-state index contributed by atoms with van der Waals surface area (Å²) in [5.74, 6) is 0.641.